The number of cyclic esters (lactones) is 1. The Balaban J connectivity index is 1.33. The van der Waals surface area contributed by atoms with E-state index in [1.165, 1.54) is 22.3 Å². The molecule has 0 amide bonds. The molecule has 5 rings (SSSR count). The summed E-state index contributed by atoms with van der Waals surface area (Å²) in [4.78, 5) is 43.4. The number of fused-ring (bicyclic) bond motifs is 4. The average Bonchev–Trinajstić information content (AvgIpc) is 3.11. The maximum Gasteiger partial charge on any atom is 0.348 e. The van der Waals surface area contributed by atoms with Crippen LogP contribution in [0.3, 0.4) is 0 Å². The first-order valence-electron chi connectivity index (χ1n) is 9.59. The van der Waals surface area contributed by atoms with Gasteiger partial charge in [0.15, 0.2) is 4.96 Å². The van der Waals surface area contributed by atoms with Gasteiger partial charge in [0.1, 0.15) is 6.61 Å². The van der Waals surface area contributed by atoms with Crippen molar-refractivity contribution in [2.75, 3.05) is 0 Å². The molecule has 3 aromatic rings. The van der Waals surface area contributed by atoms with Crippen LogP contribution in [0.15, 0.2) is 35.1 Å². The first-order chi connectivity index (χ1) is 14.1. The fourth-order valence-electron chi connectivity index (χ4n) is 3.92. The van der Waals surface area contributed by atoms with E-state index in [-0.39, 0.29) is 18.6 Å². The summed E-state index contributed by atoms with van der Waals surface area (Å²) >= 11 is 1.52. The molecule has 0 radical (unpaired) electrons. The van der Waals surface area contributed by atoms with Crippen molar-refractivity contribution >= 4 is 28.2 Å². The van der Waals surface area contributed by atoms with Crippen molar-refractivity contribution in [3.63, 3.8) is 0 Å². The fraction of sp³-hybridized carbons (Fsp3) is 0.333. The molecule has 0 saturated carbocycles. The lowest BCUT2D eigenvalue weighted by Crippen LogP contribution is -2.35. The van der Waals surface area contributed by atoms with Crippen LogP contribution in [0, 0.1) is 0 Å². The summed E-state index contributed by atoms with van der Waals surface area (Å²) < 4.78 is 12.2. The Kier molecular flexibility index (Phi) is 4.43. The van der Waals surface area contributed by atoms with Crippen molar-refractivity contribution < 1.29 is 19.1 Å². The Hall–Kier alpha value is -3.00. The van der Waals surface area contributed by atoms with Crippen molar-refractivity contribution in [2.45, 2.75) is 44.8 Å². The van der Waals surface area contributed by atoms with Gasteiger partial charge in [-0.2, -0.15) is 0 Å². The van der Waals surface area contributed by atoms with Crippen molar-refractivity contribution in [3.8, 4) is 0 Å². The van der Waals surface area contributed by atoms with Crippen LogP contribution in [0.1, 0.15) is 45.0 Å². The van der Waals surface area contributed by atoms with Crippen molar-refractivity contribution in [1.29, 1.82) is 0 Å². The maximum atomic E-state index is 12.6. The Labute approximate surface area is 169 Å². The smallest absolute Gasteiger partial charge is 0.348 e. The highest BCUT2D eigenvalue weighted by molar-refractivity contribution is 7.17. The van der Waals surface area contributed by atoms with Gasteiger partial charge in [0.2, 0.25) is 6.10 Å². The molecule has 7 nitrogen and oxygen atoms in total. The minimum absolute atomic E-state index is 0.136. The molecule has 1 atom stereocenters. The highest BCUT2D eigenvalue weighted by atomic mass is 32.1. The van der Waals surface area contributed by atoms with Gasteiger partial charge >= 0.3 is 11.9 Å². The summed E-state index contributed by atoms with van der Waals surface area (Å²) in [6.45, 7) is -0.136. The van der Waals surface area contributed by atoms with E-state index in [0.717, 1.165) is 36.9 Å². The molecule has 0 unspecified atom stereocenters. The predicted octanol–water partition coefficient (Wildman–Crippen LogP) is 2.46. The Bertz CT molecular complexity index is 1200. The summed E-state index contributed by atoms with van der Waals surface area (Å²) in [6.07, 6.45) is 3.35. The summed E-state index contributed by atoms with van der Waals surface area (Å²) in [5, 5.41) is 0. The van der Waals surface area contributed by atoms with Crippen LogP contribution in [0.5, 0.6) is 0 Å². The third-order valence-electron chi connectivity index (χ3n) is 5.33. The first-order valence-corrected chi connectivity index (χ1v) is 10.4. The number of aryl methyl sites for hydroxylation is 2. The zero-order valence-corrected chi connectivity index (χ0v) is 16.4. The molecular weight excluding hydrogens is 392 g/mol. The summed E-state index contributed by atoms with van der Waals surface area (Å²) in [6, 6.07) is 8.44. The molecule has 1 aliphatic heterocycles. The molecule has 0 fully saturated rings. The lowest BCUT2D eigenvalue weighted by Gasteiger charge is -2.23. The number of nitrogens with zero attached hydrogens (tertiary/aromatic N) is 2. The molecule has 3 heterocycles. The van der Waals surface area contributed by atoms with E-state index in [9.17, 15) is 14.4 Å². The van der Waals surface area contributed by atoms with Gasteiger partial charge in [0.05, 0.1) is 11.3 Å². The van der Waals surface area contributed by atoms with E-state index >= 15 is 0 Å². The third-order valence-corrected chi connectivity index (χ3v) is 6.47. The molecule has 0 spiro atoms. The normalized spacial score (nSPS) is 18.1. The number of rotatable bonds is 3. The number of benzene rings is 1. The number of ether oxygens (including phenoxy) is 2. The molecule has 1 aromatic carbocycles. The van der Waals surface area contributed by atoms with Gasteiger partial charge in [-0.25, -0.2) is 14.6 Å². The van der Waals surface area contributed by atoms with Crippen molar-refractivity contribution in [1.82, 2.24) is 9.38 Å². The third kappa shape index (κ3) is 3.23. The molecular formula is C21H18N2O5S. The summed E-state index contributed by atoms with van der Waals surface area (Å²) in [5.41, 5.74) is 2.53. The van der Waals surface area contributed by atoms with Gasteiger partial charge in [0.25, 0.3) is 5.56 Å². The molecule has 1 aliphatic carbocycles. The minimum Gasteiger partial charge on any atom is -0.456 e. The second-order valence-corrected chi connectivity index (χ2v) is 8.31. The first kappa shape index (κ1) is 18.1. The predicted molar refractivity (Wildman–Crippen MR) is 105 cm³/mol. The quantitative estimate of drug-likeness (QED) is 0.617. The molecule has 29 heavy (non-hydrogen) atoms. The highest BCUT2D eigenvalue weighted by Gasteiger charge is 2.32. The number of hydrogen-bond donors (Lipinski definition) is 0. The van der Waals surface area contributed by atoms with Crippen LogP contribution in [0.4, 0.5) is 0 Å². The Morgan fingerprint density at radius 1 is 1.24 bits per heavy atom. The number of hydrogen-bond acceptors (Lipinski definition) is 7. The van der Waals surface area contributed by atoms with Crippen LogP contribution in [0.25, 0.3) is 4.96 Å². The minimum atomic E-state index is -0.990. The molecule has 0 saturated heterocycles. The Morgan fingerprint density at radius 2 is 2.07 bits per heavy atom. The van der Waals surface area contributed by atoms with Crippen molar-refractivity contribution in [2.24, 2.45) is 0 Å². The number of aromatic nitrogens is 2. The van der Waals surface area contributed by atoms with E-state index in [0.29, 0.717) is 16.2 Å². The second kappa shape index (κ2) is 7.11. The topological polar surface area (TPSA) is 87.0 Å². The van der Waals surface area contributed by atoms with E-state index in [2.05, 4.69) is 4.98 Å². The van der Waals surface area contributed by atoms with Gasteiger partial charge < -0.3 is 9.47 Å². The zero-order valence-electron chi connectivity index (χ0n) is 15.6. The van der Waals surface area contributed by atoms with Crippen LogP contribution in [0.2, 0.25) is 0 Å². The van der Waals surface area contributed by atoms with E-state index in [4.69, 9.17) is 9.47 Å². The molecule has 148 valence electrons. The van der Waals surface area contributed by atoms with E-state index in [1.807, 2.05) is 6.07 Å². The number of esters is 2. The van der Waals surface area contributed by atoms with Gasteiger partial charge in [-0.3, -0.25) is 9.20 Å². The average molecular weight is 410 g/mol. The van der Waals surface area contributed by atoms with E-state index < -0.39 is 18.0 Å². The highest BCUT2D eigenvalue weighted by Crippen LogP contribution is 2.28. The van der Waals surface area contributed by atoms with Gasteiger partial charge in [-0.15, -0.1) is 11.3 Å². The number of carbonyl (C=O) groups excluding carboxylic acids is 2. The number of carbonyl (C=O) groups is 2. The largest absolute Gasteiger partial charge is 0.456 e. The monoisotopic (exact) mass is 410 g/mol. The van der Waals surface area contributed by atoms with Gasteiger partial charge in [0, 0.05) is 23.1 Å². The standard InChI is InChI=1S/C21H18N2O5S/c24-18-10-13(22-21-23(18)15-7-3-4-8-17(15)29-21)11-27-20(26)16-9-12-5-1-2-6-14(12)19(25)28-16/h1-2,5-6,10,16H,3-4,7-9,11H2/t16-/m0/s1. The van der Waals surface area contributed by atoms with Crippen LogP contribution >= 0.6 is 11.3 Å². The molecule has 8 heteroatoms. The number of thiazole rings is 1. The SMILES string of the molecule is O=C1O[C@H](C(=O)OCc2cc(=O)n3c4c(sc3n2)CCCC4)Cc2ccccc21. The van der Waals surface area contributed by atoms with Crippen molar-refractivity contribution in [3.05, 3.63) is 68.1 Å². The van der Waals surface area contributed by atoms with Crippen LogP contribution in [-0.4, -0.2) is 27.4 Å². The molecule has 2 aliphatic rings. The lowest BCUT2D eigenvalue weighted by molar-refractivity contribution is -0.155. The molecule has 0 bridgehead atoms. The maximum absolute atomic E-state index is 12.6. The Morgan fingerprint density at radius 3 is 2.97 bits per heavy atom. The van der Waals surface area contributed by atoms with Gasteiger partial charge in [-0.05, 0) is 37.3 Å². The molecule has 2 aromatic heterocycles. The zero-order chi connectivity index (χ0) is 20.0. The van der Waals surface area contributed by atoms with Crippen LogP contribution in [-0.2, 0) is 40.1 Å². The second-order valence-electron chi connectivity index (χ2n) is 7.25. The summed E-state index contributed by atoms with van der Waals surface area (Å²) in [5.74, 6) is -1.17. The fourth-order valence-corrected chi connectivity index (χ4v) is 5.15. The van der Waals surface area contributed by atoms with Crippen LogP contribution < -0.4 is 5.56 Å². The summed E-state index contributed by atoms with van der Waals surface area (Å²) in [7, 11) is 0. The van der Waals surface area contributed by atoms with E-state index in [1.54, 1.807) is 22.6 Å². The molecule has 0 N–H and O–H groups in total. The van der Waals surface area contributed by atoms with Gasteiger partial charge in [-0.1, -0.05) is 18.2 Å². The lowest BCUT2D eigenvalue weighted by atomic mass is 9.99.